The Labute approximate surface area is 137 Å². The Morgan fingerprint density at radius 2 is 1.65 bits per heavy atom. The first-order valence-electron chi connectivity index (χ1n) is 6.87. The number of ether oxygens (including phenoxy) is 3. The first-order chi connectivity index (χ1) is 11.0. The van der Waals surface area contributed by atoms with Crippen molar-refractivity contribution in [1.82, 2.24) is 0 Å². The fourth-order valence-corrected chi connectivity index (χ4v) is 3.01. The van der Waals surface area contributed by atoms with Gasteiger partial charge < -0.3 is 18.6 Å². The fourth-order valence-electron chi connectivity index (χ4n) is 2.74. The molecule has 0 saturated heterocycles. The Bertz CT molecular complexity index is 975. The predicted octanol–water partition coefficient (Wildman–Crippen LogP) is 3.93. The van der Waals surface area contributed by atoms with Gasteiger partial charge in [-0.25, -0.2) is 0 Å². The van der Waals surface area contributed by atoms with E-state index in [1.165, 1.54) is 20.3 Å². The van der Waals surface area contributed by atoms with Crippen LogP contribution in [0, 0.1) is 6.92 Å². The van der Waals surface area contributed by atoms with Gasteiger partial charge in [0, 0.05) is 17.5 Å². The average molecular weight is 335 g/mol. The van der Waals surface area contributed by atoms with Gasteiger partial charge >= 0.3 is 0 Å². The normalized spacial score (nSPS) is 11.0. The summed E-state index contributed by atoms with van der Waals surface area (Å²) in [6, 6.07) is 4.80. The van der Waals surface area contributed by atoms with Crippen molar-refractivity contribution in [3.05, 3.63) is 39.2 Å². The Balaban J connectivity index is 2.70. The van der Waals surface area contributed by atoms with Crippen LogP contribution in [0.2, 0.25) is 5.02 Å². The Morgan fingerprint density at radius 1 is 0.957 bits per heavy atom. The largest absolute Gasteiger partial charge is 0.496 e. The highest BCUT2D eigenvalue weighted by Gasteiger charge is 2.21. The van der Waals surface area contributed by atoms with Crippen molar-refractivity contribution in [2.45, 2.75) is 6.92 Å². The summed E-state index contributed by atoms with van der Waals surface area (Å²) in [5.74, 6) is 1.85. The molecule has 3 aromatic rings. The molecule has 0 aliphatic rings. The molecule has 0 bridgehead atoms. The van der Waals surface area contributed by atoms with Gasteiger partial charge in [-0.3, -0.25) is 4.79 Å². The lowest BCUT2D eigenvalue weighted by molar-refractivity contribution is 0.408. The molecule has 0 spiro atoms. The Morgan fingerprint density at radius 3 is 2.26 bits per heavy atom. The molecule has 1 aromatic heterocycles. The lowest BCUT2D eigenvalue weighted by Crippen LogP contribution is -2.04. The predicted molar refractivity (Wildman–Crippen MR) is 89.4 cm³/mol. The van der Waals surface area contributed by atoms with Crippen molar-refractivity contribution in [1.29, 1.82) is 0 Å². The summed E-state index contributed by atoms with van der Waals surface area (Å²) in [5.41, 5.74) is 0.172. The van der Waals surface area contributed by atoms with Crippen molar-refractivity contribution in [2.24, 2.45) is 0 Å². The third kappa shape index (κ3) is 2.28. The van der Waals surface area contributed by atoms with E-state index in [1.54, 1.807) is 26.2 Å². The zero-order valence-electron chi connectivity index (χ0n) is 13.2. The van der Waals surface area contributed by atoms with Crippen LogP contribution >= 0.6 is 11.6 Å². The molecule has 2 aromatic carbocycles. The molecule has 0 fully saturated rings. The van der Waals surface area contributed by atoms with Crippen molar-refractivity contribution < 1.29 is 18.6 Å². The molecule has 23 heavy (non-hydrogen) atoms. The minimum atomic E-state index is -0.191. The molecule has 120 valence electrons. The van der Waals surface area contributed by atoms with Crippen LogP contribution in [0.25, 0.3) is 21.7 Å². The van der Waals surface area contributed by atoms with E-state index in [-0.39, 0.29) is 5.43 Å². The van der Waals surface area contributed by atoms with E-state index in [2.05, 4.69) is 0 Å². The number of halogens is 1. The Kier molecular flexibility index (Phi) is 3.82. The lowest BCUT2D eigenvalue weighted by Gasteiger charge is -2.15. The third-order valence-corrected chi connectivity index (χ3v) is 3.98. The third-order valence-electron chi connectivity index (χ3n) is 3.70. The molecular formula is C17H15ClO5. The summed E-state index contributed by atoms with van der Waals surface area (Å²) in [6.45, 7) is 1.71. The molecule has 5 nitrogen and oxygen atoms in total. The lowest BCUT2D eigenvalue weighted by atomic mass is 10.0. The second-order valence-corrected chi connectivity index (χ2v) is 5.43. The maximum absolute atomic E-state index is 12.4. The minimum absolute atomic E-state index is 0.191. The standard InChI is InChI=1S/C17H15ClO5/c1-8-5-11(19)15-13(21-3)6-9-12(20-2)7-10(18)16(22-4)14(9)17(15)23-8/h5-7H,1-4H3. The van der Waals surface area contributed by atoms with E-state index in [9.17, 15) is 4.79 Å². The molecule has 0 unspecified atom stereocenters. The van der Waals surface area contributed by atoms with Gasteiger partial charge in [-0.15, -0.1) is 0 Å². The highest BCUT2D eigenvalue weighted by atomic mass is 35.5. The topological polar surface area (TPSA) is 57.9 Å². The second kappa shape index (κ2) is 5.66. The van der Waals surface area contributed by atoms with Crippen LogP contribution in [-0.2, 0) is 0 Å². The van der Waals surface area contributed by atoms with Gasteiger partial charge in [0.05, 0.1) is 31.7 Å². The molecular weight excluding hydrogens is 320 g/mol. The summed E-state index contributed by atoms with van der Waals surface area (Å²) in [5, 5.41) is 1.97. The number of rotatable bonds is 3. The monoisotopic (exact) mass is 334 g/mol. The number of fused-ring (bicyclic) bond motifs is 3. The van der Waals surface area contributed by atoms with Gasteiger partial charge in [-0.2, -0.15) is 0 Å². The molecule has 0 aliphatic heterocycles. The van der Waals surface area contributed by atoms with Gasteiger partial charge in [0.15, 0.2) is 11.0 Å². The number of benzene rings is 2. The maximum Gasteiger partial charge on any atom is 0.196 e. The van der Waals surface area contributed by atoms with Crippen molar-refractivity contribution in [3.63, 3.8) is 0 Å². The first-order valence-corrected chi connectivity index (χ1v) is 7.25. The van der Waals surface area contributed by atoms with Crippen LogP contribution in [0.3, 0.4) is 0 Å². The van der Waals surface area contributed by atoms with Gasteiger partial charge in [0.1, 0.15) is 28.4 Å². The van der Waals surface area contributed by atoms with E-state index in [0.717, 1.165) is 0 Å². The molecule has 6 heteroatoms. The second-order valence-electron chi connectivity index (χ2n) is 5.02. The zero-order valence-corrected chi connectivity index (χ0v) is 13.9. The van der Waals surface area contributed by atoms with E-state index in [1.807, 2.05) is 0 Å². The van der Waals surface area contributed by atoms with Gasteiger partial charge in [-0.05, 0) is 13.0 Å². The molecule has 0 N–H and O–H groups in total. The Hall–Kier alpha value is -2.40. The van der Waals surface area contributed by atoms with Crippen LogP contribution in [0.4, 0.5) is 0 Å². The van der Waals surface area contributed by atoms with Crippen molar-refractivity contribution in [2.75, 3.05) is 21.3 Å². The highest BCUT2D eigenvalue weighted by Crippen LogP contribution is 2.45. The summed E-state index contributed by atoms with van der Waals surface area (Å²) >= 11 is 6.28. The molecule has 0 saturated carbocycles. The van der Waals surface area contributed by atoms with E-state index >= 15 is 0 Å². The molecule has 1 heterocycles. The van der Waals surface area contributed by atoms with Gasteiger partial charge in [0.2, 0.25) is 0 Å². The molecule has 3 rings (SSSR count). The summed E-state index contributed by atoms with van der Waals surface area (Å²) < 4.78 is 22.0. The number of hydrogen-bond donors (Lipinski definition) is 0. The van der Waals surface area contributed by atoms with Crippen LogP contribution < -0.4 is 19.6 Å². The maximum atomic E-state index is 12.4. The summed E-state index contributed by atoms with van der Waals surface area (Å²) in [4.78, 5) is 12.4. The molecule has 0 aliphatic carbocycles. The van der Waals surface area contributed by atoms with Crippen LogP contribution in [0.15, 0.2) is 27.4 Å². The molecule has 0 amide bonds. The fraction of sp³-hybridized carbons (Fsp3) is 0.235. The highest BCUT2D eigenvalue weighted by molar-refractivity contribution is 6.34. The smallest absolute Gasteiger partial charge is 0.196 e. The van der Waals surface area contributed by atoms with Gasteiger partial charge in [-0.1, -0.05) is 11.6 Å². The first kappa shape index (κ1) is 15.5. The van der Waals surface area contributed by atoms with Crippen LogP contribution in [-0.4, -0.2) is 21.3 Å². The van der Waals surface area contributed by atoms with E-state index in [0.29, 0.717) is 49.8 Å². The van der Waals surface area contributed by atoms with E-state index in [4.69, 9.17) is 30.2 Å². The van der Waals surface area contributed by atoms with Crippen LogP contribution in [0.5, 0.6) is 17.2 Å². The van der Waals surface area contributed by atoms with E-state index < -0.39 is 0 Å². The number of methoxy groups -OCH3 is 3. The van der Waals surface area contributed by atoms with Crippen LogP contribution in [0.1, 0.15) is 5.76 Å². The average Bonchev–Trinajstić information content (AvgIpc) is 2.53. The SMILES string of the molecule is COc1cc(Cl)c(OC)c2c1cc(OC)c1c(=O)cc(C)oc12. The van der Waals surface area contributed by atoms with Gasteiger partial charge in [0.25, 0.3) is 0 Å². The minimum Gasteiger partial charge on any atom is -0.496 e. The summed E-state index contributed by atoms with van der Waals surface area (Å²) in [7, 11) is 4.55. The quantitative estimate of drug-likeness (QED) is 0.679. The molecule has 0 atom stereocenters. The number of aryl methyl sites for hydroxylation is 1. The number of hydrogen-bond acceptors (Lipinski definition) is 5. The molecule has 0 radical (unpaired) electrons. The van der Waals surface area contributed by atoms with Crippen molar-refractivity contribution >= 4 is 33.3 Å². The summed E-state index contributed by atoms with van der Waals surface area (Å²) in [6.07, 6.45) is 0. The zero-order chi connectivity index (χ0) is 16.7. The van der Waals surface area contributed by atoms with Crippen molar-refractivity contribution in [3.8, 4) is 17.2 Å².